The summed E-state index contributed by atoms with van der Waals surface area (Å²) in [6.45, 7) is 3.93. The molecule has 148 valence electrons. The summed E-state index contributed by atoms with van der Waals surface area (Å²) in [7, 11) is 1.80. The van der Waals surface area contributed by atoms with Gasteiger partial charge in [0.1, 0.15) is 22.9 Å². The molecule has 2 aromatic heterocycles. The van der Waals surface area contributed by atoms with Crippen LogP contribution in [0.4, 0.5) is 14.5 Å². The molecule has 0 fully saturated rings. The fourth-order valence-electron chi connectivity index (χ4n) is 2.78. The Hall–Kier alpha value is -3.56. The lowest BCUT2D eigenvalue weighted by Crippen LogP contribution is -2.25. The average Bonchev–Trinajstić information content (AvgIpc) is 3.18. The molecule has 0 aliphatic heterocycles. The van der Waals surface area contributed by atoms with E-state index in [0.717, 1.165) is 35.2 Å². The molecular weight excluding hydrogens is 370 g/mol. The van der Waals surface area contributed by atoms with Gasteiger partial charge in [-0.3, -0.25) is 19.4 Å². The average molecular weight is 390 g/mol. The predicted molar refractivity (Wildman–Crippen MR) is 98.9 cm³/mol. The van der Waals surface area contributed by atoms with Crippen molar-refractivity contribution in [3.05, 3.63) is 64.2 Å². The summed E-state index contributed by atoms with van der Waals surface area (Å²) in [4.78, 5) is 24.7. The summed E-state index contributed by atoms with van der Waals surface area (Å²) in [6.07, 6.45) is 1.19. The molecular formula is C18H20F2N6O2. The number of amides is 2. The standard InChI is InChI=1S/C18H18F2N6O2.H2/c1-9-11(10(2)26(3)25-9)7-21-18(28)16-14(8-22-24-16)23-17(27)15-12(19)5-4-6-13(15)20;/h4-6,8H,7H2,1-3H3,(H,21,28)(H,22,24)(H,23,27);1H. The minimum Gasteiger partial charge on any atom is -0.346 e. The number of rotatable bonds is 5. The van der Waals surface area contributed by atoms with Crippen LogP contribution in [0.1, 0.15) is 39.2 Å². The van der Waals surface area contributed by atoms with E-state index in [2.05, 4.69) is 25.9 Å². The molecule has 28 heavy (non-hydrogen) atoms. The van der Waals surface area contributed by atoms with E-state index in [9.17, 15) is 18.4 Å². The fraction of sp³-hybridized carbons (Fsp3) is 0.222. The molecule has 0 saturated heterocycles. The van der Waals surface area contributed by atoms with Crippen LogP contribution in [-0.4, -0.2) is 31.8 Å². The quantitative estimate of drug-likeness (QED) is 0.622. The molecule has 10 heteroatoms. The van der Waals surface area contributed by atoms with Crippen LogP contribution in [0.25, 0.3) is 0 Å². The molecule has 2 amide bonds. The SMILES string of the molecule is Cc1nn(C)c(C)c1CNC(=O)c1[nH]ncc1NC(=O)c1c(F)cccc1F.[HH]. The third kappa shape index (κ3) is 3.61. The van der Waals surface area contributed by atoms with Gasteiger partial charge in [-0.2, -0.15) is 10.2 Å². The molecule has 0 radical (unpaired) electrons. The number of halogens is 2. The van der Waals surface area contributed by atoms with Gasteiger partial charge < -0.3 is 10.6 Å². The normalized spacial score (nSPS) is 10.8. The van der Waals surface area contributed by atoms with E-state index in [4.69, 9.17) is 0 Å². The van der Waals surface area contributed by atoms with Gasteiger partial charge in [-0.05, 0) is 26.0 Å². The maximum Gasteiger partial charge on any atom is 0.271 e. The lowest BCUT2D eigenvalue weighted by atomic mass is 10.1. The Morgan fingerprint density at radius 3 is 2.50 bits per heavy atom. The molecule has 8 nitrogen and oxygen atoms in total. The number of hydrogen-bond donors (Lipinski definition) is 3. The van der Waals surface area contributed by atoms with Gasteiger partial charge in [0.25, 0.3) is 11.8 Å². The smallest absolute Gasteiger partial charge is 0.271 e. The Balaban J connectivity index is 0.00000300. The molecule has 2 heterocycles. The highest BCUT2D eigenvalue weighted by atomic mass is 19.1. The summed E-state index contributed by atoms with van der Waals surface area (Å²) in [5, 5.41) is 15.5. The van der Waals surface area contributed by atoms with Crippen LogP contribution >= 0.6 is 0 Å². The van der Waals surface area contributed by atoms with Crippen LogP contribution < -0.4 is 10.6 Å². The minimum atomic E-state index is -1.02. The molecule has 1 aromatic carbocycles. The fourth-order valence-corrected chi connectivity index (χ4v) is 2.78. The van der Waals surface area contributed by atoms with Crippen LogP contribution in [0.2, 0.25) is 0 Å². The van der Waals surface area contributed by atoms with Crippen molar-refractivity contribution in [2.24, 2.45) is 7.05 Å². The first kappa shape index (κ1) is 19.2. The van der Waals surface area contributed by atoms with E-state index in [0.29, 0.717) is 0 Å². The van der Waals surface area contributed by atoms with Gasteiger partial charge in [0.2, 0.25) is 0 Å². The first-order valence-electron chi connectivity index (χ1n) is 8.35. The van der Waals surface area contributed by atoms with Crippen molar-refractivity contribution in [3.63, 3.8) is 0 Å². The number of nitrogens with zero attached hydrogens (tertiary/aromatic N) is 3. The van der Waals surface area contributed by atoms with Crippen LogP contribution in [0.15, 0.2) is 24.4 Å². The van der Waals surface area contributed by atoms with Crippen molar-refractivity contribution in [2.75, 3.05) is 5.32 Å². The van der Waals surface area contributed by atoms with Crippen molar-refractivity contribution < 1.29 is 19.8 Å². The summed E-state index contributed by atoms with van der Waals surface area (Å²) in [6, 6.07) is 3.10. The molecule has 3 N–H and O–H groups in total. The number of aromatic amines is 1. The molecule has 0 aliphatic rings. The highest BCUT2D eigenvalue weighted by Gasteiger charge is 2.21. The first-order valence-corrected chi connectivity index (χ1v) is 8.35. The summed E-state index contributed by atoms with van der Waals surface area (Å²) in [5.41, 5.74) is 1.79. The zero-order valence-electron chi connectivity index (χ0n) is 15.4. The number of hydrogen-bond acceptors (Lipinski definition) is 4. The molecule has 0 unspecified atom stereocenters. The van der Waals surface area contributed by atoms with Gasteiger partial charge in [0, 0.05) is 26.3 Å². The van der Waals surface area contributed by atoms with Gasteiger partial charge in [-0.15, -0.1) is 0 Å². The number of aryl methyl sites for hydroxylation is 2. The summed E-state index contributed by atoms with van der Waals surface area (Å²) in [5.74, 6) is -3.57. The van der Waals surface area contributed by atoms with Crippen LogP contribution in [0.3, 0.4) is 0 Å². The van der Waals surface area contributed by atoms with Crippen molar-refractivity contribution in [1.29, 1.82) is 0 Å². The highest BCUT2D eigenvalue weighted by molar-refractivity contribution is 6.08. The zero-order chi connectivity index (χ0) is 20.4. The van der Waals surface area contributed by atoms with Gasteiger partial charge in [0.15, 0.2) is 0 Å². The van der Waals surface area contributed by atoms with Crippen LogP contribution in [0, 0.1) is 25.5 Å². The van der Waals surface area contributed by atoms with Crippen molar-refractivity contribution >= 4 is 17.5 Å². The number of carbonyl (C=O) groups excluding carboxylic acids is 2. The Bertz CT molecular complexity index is 1040. The Labute approximate surface area is 160 Å². The molecule has 0 bridgehead atoms. The van der Waals surface area contributed by atoms with E-state index in [1.807, 2.05) is 13.8 Å². The molecule has 3 rings (SSSR count). The van der Waals surface area contributed by atoms with E-state index in [1.54, 1.807) is 11.7 Å². The largest absolute Gasteiger partial charge is 0.346 e. The maximum atomic E-state index is 13.8. The molecule has 0 aliphatic carbocycles. The zero-order valence-corrected chi connectivity index (χ0v) is 15.4. The monoisotopic (exact) mass is 390 g/mol. The maximum absolute atomic E-state index is 13.8. The number of carbonyl (C=O) groups is 2. The molecule has 3 aromatic rings. The second-order valence-electron chi connectivity index (χ2n) is 6.17. The summed E-state index contributed by atoms with van der Waals surface area (Å²) < 4.78 is 29.2. The van der Waals surface area contributed by atoms with E-state index < -0.39 is 29.0 Å². The number of benzene rings is 1. The van der Waals surface area contributed by atoms with E-state index in [1.165, 1.54) is 6.20 Å². The summed E-state index contributed by atoms with van der Waals surface area (Å²) >= 11 is 0. The van der Waals surface area contributed by atoms with Crippen molar-refractivity contribution in [2.45, 2.75) is 20.4 Å². The second kappa shape index (κ2) is 7.59. The van der Waals surface area contributed by atoms with Crippen LogP contribution in [0.5, 0.6) is 0 Å². The number of H-pyrrole nitrogens is 1. The van der Waals surface area contributed by atoms with Crippen LogP contribution in [-0.2, 0) is 13.6 Å². The van der Waals surface area contributed by atoms with Crippen molar-refractivity contribution in [3.8, 4) is 0 Å². The van der Waals surface area contributed by atoms with Gasteiger partial charge in [-0.25, -0.2) is 8.78 Å². The van der Waals surface area contributed by atoms with E-state index >= 15 is 0 Å². The highest BCUT2D eigenvalue weighted by Crippen LogP contribution is 2.18. The number of anilines is 1. The Kier molecular flexibility index (Phi) is 5.21. The molecule has 0 spiro atoms. The van der Waals surface area contributed by atoms with Gasteiger partial charge in [0.05, 0.1) is 17.6 Å². The second-order valence-corrected chi connectivity index (χ2v) is 6.17. The lowest BCUT2D eigenvalue weighted by molar-refractivity contribution is 0.0946. The molecule has 0 saturated carbocycles. The third-order valence-corrected chi connectivity index (χ3v) is 4.39. The third-order valence-electron chi connectivity index (χ3n) is 4.39. The van der Waals surface area contributed by atoms with Gasteiger partial charge in [-0.1, -0.05) is 6.07 Å². The predicted octanol–water partition coefficient (Wildman–Crippen LogP) is 2.47. The Morgan fingerprint density at radius 2 is 1.89 bits per heavy atom. The van der Waals surface area contributed by atoms with Crippen molar-refractivity contribution in [1.82, 2.24) is 25.3 Å². The number of nitrogens with one attached hydrogen (secondary N) is 3. The topological polar surface area (TPSA) is 105 Å². The Morgan fingerprint density at radius 1 is 1.21 bits per heavy atom. The first-order chi connectivity index (χ1) is 13.3. The number of aromatic nitrogens is 4. The lowest BCUT2D eigenvalue weighted by Gasteiger charge is -2.08. The van der Waals surface area contributed by atoms with E-state index in [-0.39, 0.29) is 19.4 Å². The molecule has 0 atom stereocenters. The minimum absolute atomic E-state index is 0. The van der Waals surface area contributed by atoms with Gasteiger partial charge >= 0.3 is 0 Å².